The highest BCUT2D eigenvalue weighted by atomic mass is 32.3. The molecular formula is C8H18N2O7S2. The molecule has 1 rings (SSSR count). The SMILES string of the molecule is NCCCCCCCC1(N)OS(=O)(=O)OS(=O)(=O)O1. The monoisotopic (exact) mass is 318 g/mol. The zero-order valence-electron chi connectivity index (χ0n) is 10.3. The Labute approximate surface area is 112 Å². The Balaban J connectivity index is 2.47. The van der Waals surface area contributed by atoms with Gasteiger partial charge in [-0.1, -0.05) is 19.3 Å². The zero-order valence-corrected chi connectivity index (χ0v) is 11.9. The van der Waals surface area contributed by atoms with Gasteiger partial charge in [0.1, 0.15) is 0 Å². The molecule has 11 heteroatoms. The van der Waals surface area contributed by atoms with Crippen molar-refractivity contribution in [3.63, 3.8) is 0 Å². The van der Waals surface area contributed by atoms with Crippen molar-refractivity contribution in [2.75, 3.05) is 6.54 Å². The van der Waals surface area contributed by atoms with Gasteiger partial charge in [0, 0.05) is 6.42 Å². The largest absolute Gasteiger partial charge is 0.420 e. The van der Waals surface area contributed by atoms with Crippen molar-refractivity contribution < 1.29 is 28.8 Å². The summed E-state index contributed by atoms with van der Waals surface area (Å²) >= 11 is 0. The van der Waals surface area contributed by atoms with E-state index < -0.39 is 26.7 Å². The van der Waals surface area contributed by atoms with Gasteiger partial charge in [-0.15, -0.1) is 3.63 Å². The summed E-state index contributed by atoms with van der Waals surface area (Å²) in [4.78, 5) is 0. The third-order valence-electron chi connectivity index (χ3n) is 2.38. The smallest absolute Gasteiger partial charge is 0.330 e. The van der Waals surface area contributed by atoms with Crippen LogP contribution in [0.15, 0.2) is 0 Å². The molecule has 0 bridgehead atoms. The first-order valence-corrected chi connectivity index (χ1v) is 8.46. The zero-order chi connectivity index (χ0) is 14.6. The van der Waals surface area contributed by atoms with E-state index in [1.807, 2.05) is 0 Å². The molecule has 19 heavy (non-hydrogen) atoms. The van der Waals surface area contributed by atoms with E-state index in [1.165, 1.54) is 0 Å². The van der Waals surface area contributed by atoms with Crippen LogP contribution in [0.3, 0.4) is 0 Å². The second kappa shape index (κ2) is 6.43. The summed E-state index contributed by atoms with van der Waals surface area (Å²) < 4.78 is 56.5. The molecule has 0 radical (unpaired) electrons. The van der Waals surface area contributed by atoms with Crippen LogP contribution in [-0.2, 0) is 32.8 Å². The topological polar surface area (TPSA) is 148 Å². The highest BCUT2D eigenvalue weighted by Crippen LogP contribution is 2.28. The molecule has 0 atom stereocenters. The molecule has 4 N–H and O–H groups in total. The first kappa shape index (κ1) is 16.8. The lowest BCUT2D eigenvalue weighted by Crippen LogP contribution is -2.52. The molecule has 1 aliphatic heterocycles. The lowest BCUT2D eigenvalue weighted by molar-refractivity contribution is -0.130. The van der Waals surface area contributed by atoms with E-state index in [2.05, 4.69) is 12.0 Å². The Morgan fingerprint density at radius 1 is 0.842 bits per heavy atom. The van der Waals surface area contributed by atoms with Crippen LogP contribution in [0.1, 0.15) is 38.5 Å². The van der Waals surface area contributed by atoms with Crippen LogP contribution in [0.2, 0.25) is 0 Å². The Hall–Kier alpha value is -0.300. The molecule has 0 spiro atoms. The van der Waals surface area contributed by atoms with Gasteiger partial charge in [-0.2, -0.15) is 25.2 Å². The van der Waals surface area contributed by atoms with Crippen molar-refractivity contribution >= 4 is 20.8 Å². The maximum Gasteiger partial charge on any atom is 0.420 e. The molecule has 0 aromatic rings. The summed E-state index contributed by atoms with van der Waals surface area (Å²) in [5, 5.41) is 0. The number of nitrogens with two attached hydrogens (primary N) is 2. The van der Waals surface area contributed by atoms with E-state index in [0.717, 1.165) is 25.7 Å². The molecule has 114 valence electrons. The second-order valence-electron chi connectivity index (χ2n) is 4.17. The van der Waals surface area contributed by atoms with Crippen molar-refractivity contribution in [1.29, 1.82) is 0 Å². The molecule has 1 saturated heterocycles. The maximum atomic E-state index is 11.1. The standard InChI is InChI=1S/C8H18N2O7S2/c9-7-5-3-1-2-4-6-8(10)15-18(11,12)17-19(13,14)16-8/h1-7,9-10H2. The average molecular weight is 318 g/mol. The molecule has 1 heterocycles. The Morgan fingerprint density at radius 3 is 1.84 bits per heavy atom. The summed E-state index contributed by atoms with van der Waals surface area (Å²) in [6.45, 7) is 0.612. The van der Waals surface area contributed by atoms with Gasteiger partial charge in [0.25, 0.3) is 5.91 Å². The van der Waals surface area contributed by atoms with Crippen LogP contribution in [0.4, 0.5) is 0 Å². The van der Waals surface area contributed by atoms with Gasteiger partial charge in [-0.05, 0) is 19.4 Å². The van der Waals surface area contributed by atoms with Crippen LogP contribution < -0.4 is 11.5 Å². The first-order valence-electron chi connectivity index (χ1n) is 5.79. The third-order valence-corrected chi connectivity index (χ3v) is 4.69. The molecule has 1 fully saturated rings. The van der Waals surface area contributed by atoms with E-state index in [-0.39, 0.29) is 6.42 Å². The van der Waals surface area contributed by atoms with Crippen LogP contribution >= 0.6 is 0 Å². The van der Waals surface area contributed by atoms with Crippen LogP contribution in [0, 0.1) is 0 Å². The molecule has 0 aromatic carbocycles. The van der Waals surface area contributed by atoms with Gasteiger partial charge in [0.05, 0.1) is 0 Å². The Bertz CT molecular complexity index is 453. The number of hydrogen-bond donors (Lipinski definition) is 2. The molecule has 0 saturated carbocycles. The van der Waals surface area contributed by atoms with Gasteiger partial charge in [0.15, 0.2) is 0 Å². The van der Waals surface area contributed by atoms with Crippen molar-refractivity contribution in [3.05, 3.63) is 0 Å². The minimum absolute atomic E-state index is 0.0859. The molecular weight excluding hydrogens is 300 g/mol. The quantitative estimate of drug-likeness (QED) is 0.590. The van der Waals surface area contributed by atoms with E-state index in [9.17, 15) is 16.8 Å². The lowest BCUT2D eigenvalue weighted by atomic mass is 10.1. The number of hydrogen-bond acceptors (Lipinski definition) is 9. The number of rotatable bonds is 7. The van der Waals surface area contributed by atoms with E-state index in [1.54, 1.807) is 0 Å². The van der Waals surface area contributed by atoms with Gasteiger partial charge in [-0.25, -0.2) is 0 Å². The van der Waals surface area contributed by atoms with E-state index >= 15 is 0 Å². The Kier molecular flexibility index (Phi) is 5.67. The van der Waals surface area contributed by atoms with Crippen molar-refractivity contribution in [1.82, 2.24) is 0 Å². The summed E-state index contributed by atoms with van der Waals surface area (Å²) in [6.07, 6.45) is 3.81. The predicted molar refractivity (Wildman–Crippen MR) is 64.8 cm³/mol. The normalized spacial score (nSPS) is 24.1. The third kappa shape index (κ3) is 6.12. The minimum Gasteiger partial charge on any atom is -0.330 e. The Morgan fingerprint density at radius 2 is 1.32 bits per heavy atom. The molecule has 1 aliphatic rings. The minimum atomic E-state index is -4.70. The average Bonchev–Trinajstić information content (AvgIpc) is 2.17. The molecule has 0 aromatic heterocycles. The van der Waals surface area contributed by atoms with E-state index in [4.69, 9.17) is 11.5 Å². The van der Waals surface area contributed by atoms with Gasteiger partial charge in [0.2, 0.25) is 0 Å². The predicted octanol–water partition coefficient (Wildman–Crippen LogP) is -0.549. The fraction of sp³-hybridized carbons (Fsp3) is 1.00. The highest BCUT2D eigenvalue weighted by molar-refractivity contribution is 7.95. The fourth-order valence-corrected chi connectivity index (χ4v) is 3.63. The summed E-state index contributed by atoms with van der Waals surface area (Å²) in [5.41, 5.74) is 10.8. The van der Waals surface area contributed by atoms with Gasteiger partial charge in [-0.3, -0.25) is 5.73 Å². The van der Waals surface area contributed by atoms with Crippen LogP contribution in [0.25, 0.3) is 0 Å². The maximum absolute atomic E-state index is 11.1. The first-order chi connectivity index (χ1) is 8.68. The summed E-state index contributed by atoms with van der Waals surface area (Å²) in [5.74, 6) is -2.23. The molecule has 0 unspecified atom stereocenters. The lowest BCUT2D eigenvalue weighted by Gasteiger charge is -2.30. The van der Waals surface area contributed by atoms with Crippen LogP contribution in [-0.4, -0.2) is 29.3 Å². The van der Waals surface area contributed by atoms with Gasteiger partial charge < -0.3 is 5.73 Å². The summed E-state index contributed by atoms with van der Waals surface area (Å²) in [7, 11) is -9.41. The van der Waals surface area contributed by atoms with Crippen molar-refractivity contribution in [2.45, 2.75) is 44.4 Å². The molecule has 0 aliphatic carbocycles. The van der Waals surface area contributed by atoms with Crippen molar-refractivity contribution in [3.8, 4) is 0 Å². The number of unbranched alkanes of at least 4 members (excludes halogenated alkanes) is 4. The fourth-order valence-electron chi connectivity index (χ4n) is 1.62. The van der Waals surface area contributed by atoms with Crippen LogP contribution in [0.5, 0.6) is 0 Å². The van der Waals surface area contributed by atoms with E-state index in [0.29, 0.717) is 13.0 Å². The van der Waals surface area contributed by atoms with Crippen molar-refractivity contribution in [2.24, 2.45) is 11.5 Å². The van der Waals surface area contributed by atoms with Gasteiger partial charge >= 0.3 is 20.8 Å². The second-order valence-corrected chi connectivity index (χ2v) is 6.68. The molecule has 0 amide bonds. The summed E-state index contributed by atoms with van der Waals surface area (Å²) in [6, 6.07) is 0. The highest BCUT2D eigenvalue weighted by Gasteiger charge is 2.47. The molecule has 9 nitrogen and oxygen atoms in total.